The minimum Gasteiger partial charge on any atom is -0.480 e. The van der Waals surface area contributed by atoms with E-state index in [-0.39, 0.29) is 31.1 Å². The molecule has 1 atom stereocenters. The van der Waals surface area contributed by atoms with Gasteiger partial charge in [0.2, 0.25) is 0 Å². The van der Waals surface area contributed by atoms with E-state index < -0.39 is 17.9 Å². The zero-order chi connectivity index (χ0) is 26.2. The lowest BCUT2D eigenvalue weighted by Crippen LogP contribution is -2.49. The molecule has 1 aromatic rings. The van der Waals surface area contributed by atoms with E-state index in [2.05, 4.69) is 5.32 Å². The molecule has 1 saturated heterocycles. The largest absolute Gasteiger partial charge is 0.480 e. The minimum absolute atomic E-state index is 0.187. The summed E-state index contributed by atoms with van der Waals surface area (Å²) in [4.78, 5) is 40.4. The van der Waals surface area contributed by atoms with Gasteiger partial charge in [0.25, 0.3) is 0 Å². The zero-order valence-electron chi connectivity index (χ0n) is 20.6. The Morgan fingerprint density at radius 1 is 0.943 bits per heavy atom. The fourth-order valence-electron chi connectivity index (χ4n) is 3.98. The molecule has 0 aromatic heterocycles. The third kappa shape index (κ3) is 10.3. The molecule has 0 radical (unpaired) electrons. The van der Waals surface area contributed by atoms with E-state index >= 15 is 0 Å². The monoisotopic (exact) mass is 508 g/mol. The minimum atomic E-state index is -0.991. The van der Waals surface area contributed by atoms with Crippen LogP contribution in [0.1, 0.15) is 26.3 Å². The summed E-state index contributed by atoms with van der Waals surface area (Å²) in [6, 6.07) is 7.47. The van der Waals surface area contributed by atoms with E-state index in [1.807, 2.05) is 45.0 Å². The molecule has 0 aliphatic carbocycles. The molecule has 1 aliphatic heterocycles. The Hall–Kier alpha value is -2.60. The Balaban J connectivity index is 2.31. The van der Waals surface area contributed by atoms with Crippen LogP contribution in [0, 0.1) is 5.41 Å². The van der Waals surface area contributed by atoms with Crippen molar-refractivity contribution in [2.45, 2.75) is 33.2 Å². The van der Waals surface area contributed by atoms with E-state index in [0.717, 1.165) is 11.3 Å². The van der Waals surface area contributed by atoms with Crippen molar-refractivity contribution < 1.29 is 29.7 Å². The highest BCUT2D eigenvalue weighted by molar-refractivity contribution is 7.80. The van der Waals surface area contributed by atoms with Gasteiger partial charge >= 0.3 is 17.9 Å². The maximum atomic E-state index is 11.7. The van der Waals surface area contributed by atoms with Crippen LogP contribution in [-0.2, 0) is 20.8 Å². The number of anilines is 1. The number of hydrogen-bond acceptors (Lipinski definition) is 7. The van der Waals surface area contributed by atoms with E-state index in [4.69, 9.17) is 12.2 Å². The smallest absolute Gasteiger partial charge is 0.317 e. The van der Waals surface area contributed by atoms with Gasteiger partial charge in [0.1, 0.15) is 0 Å². The van der Waals surface area contributed by atoms with E-state index in [1.54, 1.807) is 14.7 Å². The lowest BCUT2D eigenvalue weighted by Gasteiger charge is -2.33. The van der Waals surface area contributed by atoms with Gasteiger partial charge in [0, 0.05) is 49.9 Å². The summed E-state index contributed by atoms with van der Waals surface area (Å²) in [5.74, 6) is -2.96. The first-order chi connectivity index (χ1) is 16.3. The fourth-order valence-corrected chi connectivity index (χ4v) is 4.10. The standard InChI is InChI=1S/C24H36N4O6S/c1-24(2,3)23(35)25-18-6-4-5-17(11-18)12-19-13-27(15-21(31)32)8-7-26(14-20(29)30)9-10-28(19)16-22(33)34/h4-6,11,19H,7-10,12-16H2,1-3H3,(H,25,35)(H,29,30)(H,31,32)(H,33,34). The van der Waals surface area contributed by atoms with Crippen molar-refractivity contribution in [3.63, 3.8) is 0 Å². The summed E-state index contributed by atoms with van der Waals surface area (Å²) in [6.07, 6.45) is 0.500. The second kappa shape index (κ2) is 12.9. The van der Waals surface area contributed by atoms with Crippen LogP contribution in [0.4, 0.5) is 5.69 Å². The highest BCUT2D eigenvalue weighted by Crippen LogP contribution is 2.21. The summed E-state index contributed by atoms with van der Waals surface area (Å²) in [6.45, 7) is 7.30. The highest BCUT2D eigenvalue weighted by Gasteiger charge is 2.28. The molecule has 10 nitrogen and oxygen atoms in total. The van der Waals surface area contributed by atoms with E-state index in [0.29, 0.717) is 44.1 Å². The van der Waals surface area contributed by atoms with Gasteiger partial charge in [-0.2, -0.15) is 0 Å². The Labute approximate surface area is 211 Å². The van der Waals surface area contributed by atoms with Crippen LogP contribution < -0.4 is 5.32 Å². The van der Waals surface area contributed by atoms with Crippen molar-refractivity contribution in [2.75, 3.05) is 57.7 Å². The maximum Gasteiger partial charge on any atom is 0.317 e. The lowest BCUT2D eigenvalue weighted by atomic mass is 9.96. The molecule has 1 heterocycles. The predicted molar refractivity (Wildman–Crippen MR) is 137 cm³/mol. The van der Waals surface area contributed by atoms with Crippen molar-refractivity contribution in [2.24, 2.45) is 5.41 Å². The molecule has 11 heteroatoms. The third-order valence-electron chi connectivity index (χ3n) is 5.81. The Bertz CT molecular complexity index is 920. The fraction of sp³-hybridized carbons (Fsp3) is 0.583. The molecule has 194 valence electrons. The normalized spacial score (nSPS) is 18.8. The summed E-state index contributed by atoms with van der Waals surface area (Å²) in [7, 11) is 0. The first-order valence-corrected chi connectivity index (χ1v) is 12.0. The third-order valence-corrected chi connectivity index (χ3v) is 6.53. The van der Waals surface area contributed by atoms with Gasteiger partial charge < -0.3 is 20.6 Å². The molecule has 0 bridgehead atoms. The van der Waals surface area contributed by atoms with Crippen molar-refractivity contribution in [1.82, 2.24) is 14.7 Å². The Morgan fingerprint density at radius 3 is 2.11 bits per heavy atom. The van der Waals surface area contributed by atoms with Crippen molar-refractivity contribution in [1.29, 1.82) is 0 Å². The lowest BCUT2D eigenvalue weighted by molar-refractivity contribution is -0.140. The van der Waals surface area contributed by atoms with Gasteiger partial charge in [-0.05, 0) is 24.1 Å². The first-order valence-electron chi connectivity index (χ1n) is 11.6. The van der Waals surface area contributed by atoms with Crippen LogP contribution in [0.25, 0.3) is 0 Å². The number of benzene rings is 1. The SMILES string of the molecule is CC(C)(C)C(=S)Nc1cccc(CC2CN(CC(=O)O)CCN(CC(=O)O)CCN2CC(=O)O)c1. The molecular weight excluding hydrogens is 472 g/mol. The van der Waals surface area contributed by atoms with Gasteiger partial charge in [-0.3, -0.25) is 29.1 Å². The number of rotatable bonds is 9. The number of nitrogens with zero attached hydrogens (tertiary/aromatic N) is 3. The summed E-state index contributed by atoms with van der Waals surface area (Å²) in [5, 5.41) is 31.4. The Kier molecular flexibility index (Phi) is 10.6. The number of carboxylic acid groups (broad SMARTS) is 3. The first kappa shape index (κ1) is 28.6. The second-order valence-electron chi connectivity index (χ2n) is 9.93. The number of carboxylic acids is 3. The molecule has 0 spiro atoms. The molecule has 0 amide bonds. The van der Waals surface area contributed by atoms with Gasteiger partial charge in [0.05, 0.1) is 24.6 Å². The van der Waals surface area contributed by atoms with Gasteiger partial charge in [-0.25, -0.2) is 0 Å². The number of thiocarbonyl (C=S) groups is 1. The molecule has 2 rings (SSSR count). The molecule has 4 N–H and O–H groups in total. The molecule has 1 fully saturated rings. The molecular formula is C24H36N4O6S. The van der Waals surface area contributed by atoms with Gasteiger partial charge in [-0.1, -0.05) is 45.1 Å². The molecule has 35 heavy (non-hydrogen) atoms. The average molecular weight is 509 g/mol. The van der Waals surface area contributed by atoms with Gasteiger partial charge in [-0.15, -0.1) is 0 Å². The van der Waals surface area contributed by atoms with Crippen LogP contribution in [0.2, 0.25) is 0 Å². The van der Waals surface area contributed by atoms with Crippen molar-refractivity contribution >= 4 is 40.8 Å². The predicted octanol–water partition coefficient (Wildman–Crippen LogP) is 1.56. The summed E-state index contributed by atoms with van der Waals surface area (Å²) in [5.41, 5.74) is 1.61. The van der Waals surface area contributed by atoms with Crippen molar-refractivity contribution in [3.05, 3.63) is 29.8 Å². The molecule has 1 unspecified atom stereocenters. The quantitative estimate of drug-likeness (QED) is 0.362. The van der Waals surface area contributed by atoms with Crippen LogP contribution in [0.5, 0.6) is 0 Å². The zero-order valence-corrected chi connectivity index (χ0v) is 21.4. The number of hydrogen-bond donors (Lipinski definition) is 4. The van der Waals surface area contributed by atoms with Gasteiger partial charge in [0.15, 0.2) is 0 Å². The average Bonchev–Trinajstić information content (AvgIpc) is 2.78. The molecule has 1 aliphatic rings. The van der Waals surface area contributed by atoms with Crippen LogP contribution in [-0.4, -0.2) is 111 Å². The number of nitrogens with one attached hydrogen (secondary N) is 1. The number of aliphatic carboxylic acids is 3. The summed E-state index contributed by atoms with van der Waals surface area (Å²) >= 11 is 5.50. The van der Waals surface area contributed by atoms with E-state index in [9.17, 15) is 29.7 Å². The number of carbonyl (C=O) groups is 3. The van der Waals surface area contributed by atoms with Crippen LogP contribution >= 0.6 is 12.2 Å². The second-order valence-corrected chi connectivity index (χ2v) is 10.3. The summed E-state index contributed by atoms with van der Waals surface area (Å²) < 4.78 is 0. The van der Waals surface area contributed by atoms with Crippen molar-refractivity contribution in [3.8, 4) is 0 Å². The molecule has 0 saturated carbocycles. The van der Waals surface area contributed by atoms with E-state index in [1.165, 1.54) is 0 Å². The highest BCUT2D eigenvalue weighted by atomic mass is 32.1. The Morgan fingerprint density at radius 2 is 1.51 bits per heavy atom. The molecule has 1 aromatic carbocycles. The topological polar surface area (TPSA) is 134 Å². The maximum absolute atomic E-state index is 11.7. The van der Waals surface area contributed by atoms with Crippen LogP contribution in [0.15, 0.2) is 24.3 Å². The van der Waals surface area contributed by atoms with Crippen LogP contribution in [0.3, 0.4) is 0 Å².